The molecule has 0 aliphatic carbocycles. The lowest BCUT2D eigenvalue weighted by Gasteiger charge is -2.16. The summed E-state index contributed by atoms with van der Waals surface area (Å²) in [6.45, 7) is 0. The average molecular weight is 422 g/mol. The first-order valence-corrected chi connectivity index (χ1v) is 9.69. The molecule has 1 aliphatic heterocycles. The molecule has 1 amide bonds. The number of hydrogen-bond donors (Lipinski definition) is 2. The molecule has 0 bridgehead atoms. The van der Waals surface area contributed by atoms with Gasteiger partial charge in [-0.05, 0) is 30.3 Å². The maximum atomic E-state index is 13.0. The maximum absolute atomic E-state index is 13.0. The van der Waals surface area contributed by atoms with Crippen LogP contribution in [-0.2, 0) is 4.79 Å². The van der Waals surface area contributed by atoms with Gasteiger partial charge in [-0.1, -0.05) is 41.9 Å². The van der Waals surface area contributed by atoms with Gasteiger partial charge in [-0.3, -0.25) is 4.79 Å². The minimum atomic E-state index is -0.857. The highest BCUT2D eigenvalue weighted by Crippen LogP contribution is 2.31. The molecule has 0 aromatic heterocycles. The van der Waals surface area contributed by atoms with E-state index in [-0.39, 0.29) is 5.91 Å². The number of hydrogen-bond acceptors (Lipinski definition) is 5. The van der Waals surface area contributed by atoms with Crippen LogP contribution in [0.4, 0.5) is 11.4 Å². The lowest BCUT2D eigenvalue weighted by atomic mass is 10.0. The molecule has 6 nitrogen and oxygen atoms in total. The predicted octanol–water partition coefficient (Wildman–Crippen LogP) is 4.58. The van der Waals surface area contributed by atoms with E-state index in [0.29, 0.717) is 33.6 Å². The Morgan fingerprint density at radius 2 is 1.73 bits per heavy atom. The van der Waals surface area contributed by atoms with Gasteiger partial charge in [-0.25, -0.2) is 4.99 Å². The van der Waals surface area contributed by atoms with Gasteiger partial charge in [-0.15, -0.1) is 0 Å². The number of fused-ring (bicyclic) bond motifs is 1. The van der Waals surface area contributed by atoms with Crippen LogP contribution >= 0.6 is 11.6 Å². The number of anilines is 2. The Morgan fingerprint density at radius 3 is 2.47 bits per heavy atom. The lowest BCUT2D eigenvalue weighted by Crippen LogP contribution is -2.32. The molecule has 2 N–H and O–H groups in total. The van der Waals surface area contributed by atoms with Crippen molar-refractivity contribution in [2.75, 3.05) is 24.9 Å². The van der Waals surface area contributed by atoms with Gasteiger partial charge in [0.05, 0.1) is 25.6 Å². The molecule has 7 heteroatoms. The molecule has 0 fully saturated rings. The normalized spacial score (nSPS) is 15.4. The van der Waals surface area contributed by atoms with Gasteiger partial charge >= 0.3 is 0 Å². The molecule has 0 spiro atoms. The average Bonchev–Trinajstić information content (AvgIpc) is 2.90. The molecule has 1 heterocycles. The largest absolute Gasteiger partial charge is 0.493 e. The summed E-state index contributed by atoms with van der Waals surface area (Å²) in [5.41, 5.74) is 3.65. The van der Waals surface area contributed by atoms with Crippen molar-refractivity contribution in [2.45, 2.75) is 6.17 Å². The Kier molecular flexibility index (Phi) is 5.59. The molecule has 0 saturated heterocycles. The zero-order valence-corrected chi connectivity index (χ0v) is 17.2. The molecule has 3 aromatic carbocycles. The molecule has 30 heavy (non-hydrogen) atoms. The van der Waals surface area contributed by atoms with Gasteiger partial charge in [0.15, 0.2) is 17.7 Å². The highest BCUT2D eigenvalue weighted by molar-refractivity contribution is 6.32. The van der Waals surface area contributed by atoms with E-state index < -0.39 is 6.17 Å². The van der Waals surface area contributed by atoms with E-state index in [1.54, 1.807) is 44.6 Å². The Balaban J connectivity index is 1.77. The molecule has 0 radical (unpaired) electrons. The number of rotatable bonds is 5. The van der Waals surface area contributed by atoms with Crippen LogP contribution in [0, 0.1) is 0 Å². The molecule has 4 rings (SSSR count). The van der Waals surface area contributed by atoms with Crippen LogP contribution in [0.15, 0.2) is 71.7 Å². The summed E-state index contributed by atoms with van der Waals surface area (Å²) in [6.07, 6.45) is -0.857. The fraction of sp³-hybridized carbons (Fsp3) is 0.130. The predicted molar refractivity (Wildman–Crippen MR) is 119 cm³/mol. The molecule has 152 valence electrons. The molecule has 3 aromatic rings. The lowest BCUT2D eigenvalue weighted by molar-refractivity contribution is -0.116. The highest BCUT2D eigenvalue weighted by atomic mass is 35.5. The van der Waals surface area contributed by atoms with E-state index >= 15 is 0 Å². The van der Waals surface area contributed by atoms with Crippen molar-refractivity contribution in [1.82, 2.24) is 0 Å². The van der Waals surface area contributed by atoms with Crippen molar-refractivity contribution >= 4 is 34.6 Å². The summed E-state index contributed by atoms with van der Waals surface area (Å²) in [7, 11) is 3.13. The smallest absolute Gasteiger partial charge is 0.269 e. The fourth-order valence-corrected chi connectivity index (χ4v) is 3.46. The SMILES string of the molecule is COc1ccc(NC2N=C(c3ccccc3)c3cc(Cl)ccc3NC2=O)cc1OC. The summed E-state index contributed by atoms with van der Waals surface area (Å²) in [5.74, 6) is 0.877. The Morgan fingerprint density at radius 1 is 0.967 bits per heavy atom. The minimum Gasteiger partial charge on any atom is -0.493 e. The van der Waals surface area contributed by atoms with Crippen molar-refractivity contribution in [3.8, 4) is 11.5 Å². The number of halogens is 1. The monoisotopic (exact) mass is 421 g/mol. The first-order valence-electron chi connectivity index (χ1n) is 9.31. The van der Waals surface area contributed by atoms with Crippen LogP contribution in [-0.4, -0.2) is 32.0 Å². The number of amides is 1. The van der Waals surface area contributed by atoms with E-state index in [1.807, 2.05) is 36.4 Å². The maximum Gasteiger partial charge on any atom is 0.269 e. The van der Waals surface area contributed by atoms with E-state index in [9.17, 15) is 4.79 Å². The minimum absolute atomic E-state index is 0.278. The molecule has 0 saturated carbocycles. The molecule has 1 unspecified atom stereocenters. The quantitative estimate of drug-likeness (QED) is 0.632. The molecular weight excluding hydrogens is 402 g/mol. The summed E-state index contributed by atoms with van der Waals surface area (Å²) >= 11 is 6.24. The van der Waals surface area contributed by atoms with Crippen molar-refractivity contribution in [2.24, 2.45) is 4.99 Å². The van der Waals surface area contributed by atoms with Gasteiger partial charge in [0, 0.05) is 27.9 Å². The van der Waals surface area contributed by atoms with Crippen molar-refractivity contribution < 1.29 is 14.3 Å². The molecule has 1 aliphatic rings. The van der Waals surface area contributed by atoms with Crippen molar-refractivity contribution in [3.63, 3.8) is 0 Å². The zero-order valence-electron chi connectivity index (χ0n) is 16.5. The van der Waals surface area contributed by atoms with Crippen LogP contribution in [0.5, 0.6) is 11.5 Å². The summed E-state index contributed by atoms with van der Waals surface area (Å²) in [4.78, 5) is 17.7. The number of benzene rings is 3. The highest BCUT2D eigenvalue weighted by Gasteiger charge is 2.26. The first-order chi connectivity index (χ1) is 14.6. The van der Waals surface area contributed by atoms with Crippen LogP contribution in [0.2, 0.25) is 5.02 Å². The Hall–Kier alpha value is -3.51. The second-order valence-electron chi connectivity index (χ2n) is 6.64. The number of carbonyl (C=O) groups is 1. The Labute approximate surface area is 179 Å². The number of aliphatic imine (C=N–C) groups is 1. The number of ether oxygens (including phenoxy) is 2. The van der Waals surface area contributed by atoms with Gasteiger partial charge in [0.25, 0.3) is 5.91 Å². The van der Waals surface area contributed by atoms with E-state index in [1.165, 1.54) is 0 Å². The third-order valence-electron chi connectivity index (χ3n) is 4.74. The number of nitrogens with one attached hydrogen (secondary N) is 2. The van der Waals surface area contributed by atoms with Crippen molar-refractivity contribution in [3.05, 3.63) is 82.9 Å². The molecule has 1 atom stereocenters. The number of nitrogens with zero attached hydrogens (tertiary/aromatic N) is 1. The number of benzodiazepines with no additional fused rings is 1. The van der Waals surface area contributed by atoms with Crippen LogP contribution in [0.3, 0.4) is 0 Å². The van der Waals surface area contributed by atoms with E-state index in [4.69, 9.17) is 26.1 Å². The standard InChI is InChI=1S/C23H20ClN3O3/c1-29-19-11-9-16(13-20(19)30-2)25-22-23(28)26-18-10-8-15(24)12-17(18)21(27-22)14-6-4-3-5-7-14/h3-13,22,25H,1-2H3,(H,26,28). The van der Waals surface area contributed by atoms with E-state index in [2.05, 4.69) is 10.6 Å². The van der Waals surface area contributed by atoms with Gasteiger partial charge in [0.2, 0.25) is 0 Å². The fourth-order valence-electron chi connectivity index (χ4n) is 3.29. The topological polar surface area (TPSA) is 72.0 Å². The van der Waals surface area contributed by atoms with Crippen molar-refractivity contribution in [1.29, 1.82) is 0 Å². The van der Waals surface area contributed by atoms with Gasteiger partial charge in [-0.2, -0.15) is 0 Å². The second-order valence-corrected chi connectivity index (χ2v) is 7.08. The number of carbonyl (C=O) groups excluding carboxylic acids is 1. The third kappa shape index (κ3) is 3.95. The van der Waals surface area contributed by atoms with Crippen LogP contribution in [0.1, 0.15) is 11.1 Å². The third-order valence-corrected chi connectivity index (χ3v) is 4.97. The summed E-state index contributed by atoms with van der Waals surface area (Å²) < 4.78 is 10.6. The zero-order chi connectivity index (χ0) is 21.1. The summed E-state index contributed by atoms with van der Waals surface area (Å²) in [5, 5.41) is 6.69. The number of methoxy groups -OCH3 is 2. The van der Waals surface area contributed by atoms with Gasteiger partial charge in [0.1, 0.15) is 0 Å². The van der Waals surface area contributed by atoms with Gasteiger partial charge < -0.3 is 20.1 Å². The summed E-state index contributed by atoms with van der Waals surface area (Å²) in [6, 6.07) is 20.4. The van der Waals surface area contributed by atoms with Crippen LogP contribution in [0.25, 0.3) is 0 Å². The first kappa shape index (κ1) is 19.8. The molecular formula is C23H20ClN3O3. The second kappa shape index (κ2) is 8.47. The van der Waals surface area contributed by atoms with Crippen LogP contribution < -0.4 is 20.1 Å². The van der Waals surface area contributed by atoms with E-state index in [0.717, 1.165) is 11.1 Å². The Bertz CT molecular complexity index is 1120.